The molecule has 21 heavy (non-hydrogen) atoms. The highest BCUT2D eigenvalue weighted by atomic mass is 32.2. The molecular formula is C15H28O4S2. The Morgan fingerprint density at radius 1 is 0.762 bits per heavy atom. The Kier molecular flexibility index (Phi) is 9.45. The maximum atomic E-state index is 10.9. The third-order valence-corrected chi connectivity index (χ3v) is 5.62. The Morgan fingerprint density at radius 2 is 1.10 bits per heavy atom. The molecule has 0 unspecified atom stereocenters. The largest absolute Gasteiger partial charge is 0.481 e. The van der Waals surface area contributed by atoms with Crippen molar-refractivity contribution in [3.8, 4) is 0 Å². The molecule has 0 fully saturated rings. The molecule has 4 nitrogen and oxygen atoms in total. The topological polar surface area (TPSA) is 74.6 Å². The number of thioether (sulfide) groups is 2. The van der Waals surface area contributed by atoms with Crippen LogP contribution in [0.25, 0.3) is 0 Å². The van der Waals surface area contributed by atoms with Crippen LogP contribution < -0.4 is 0 Å². The Hall–Kier alpha value is -0.360. The van der Waals surface area contributed by atoms with Crippen LogP contribution >= 0.6 is 23.5 Å². The van der Waals surface area contributed by atoms with Gasteiger partial charge in [-0.2, -0.15) is 23.5 Å². The summed E-state index contributed by atoms with van der Waals surface area (Å²) >= 11 is 3.59. The number of carboxylic acids is 2. The lowest BCUT2D eigenvalue weighted by molar-refractivity contribution is -0.147. The lowest BCUT2D eigenvalue weighted by Gasteiger charge is -2.18. The maximum absolute atomic E-state index is 10.9. The summed E-state index contributed by atoms with van der Waals surface area (Å²) in [6, 6.07) is 0. The number of carboxylic acid groups (broad SMARTS) is 2. The normalized spacial score (nSPS) is 12.4. The summed E-state index contributed by atoms with van der Waals surface area (Å²) in [5.74, 6) is 2.33. The molecule has 0 radical (unpaired) electrons. The maximum Gasteiger partial charge on any atom is 0.309 e. The molecule has 124 valence electrons. The number of aliphatic carboxylic acids is 2. The molecule has 0 amide bonds. The van der Waals surface area contributed by atoms with E-state index in [2.05, 4.69) is 0 Å². The van der Waals surface area contributed by atoms with Crippen LogP contribution in [-0.4, -0.2) is 45.2 Å². The SMILES string of the molecule is CC(C)(CCSCCCSCCC(C)(C)C(=O)O)C(=O)O. The molecule has 0 heterocycles. The molecule has 0 aromatic heterocycles. The Bertz CT molecular complexity index is 309. The molecule has 0 rings (SSSR count). The van der Waals surface area contributed by atoms with E-state index in [0.717, 1.165) is 29.4 Å². The minimum Gasteiger partial charge on any atom is -0.481 e. The van der Waals surface area contributed by atoms with Crippen molar-refractivity contribution in [2.75, 3.05) is 23.0 Å². The second-order valence-electron chi connectivity index (χ2n) is 6.46. The first-order valence-corrected chi connectivity index (χ1v) is 9.53. The van der Waals surface area contributed by atoms with Crippen LogP contribution in [0.5, 0.6) is 0 Å². The van der Waals surface area contributed by atoms with Crippen molar-refractivity contribution in [2.45, 2.75) is 47.0 Å². The number of rotatable bonds is 12. The summed E-state index contributed by atoms with van der Waals surface area (Å²) < 4.78 is 0. The van der Waals surface area contributed by atoms with Gasteiger partial charge in [0.05, 0.1) is 10.8 Å². The fraction of sp³-hybridized carbons (Fsp3) is 0.867. The van der Waals surface area contributed by atoms with E-state index >= 15 is 0 Å². The van der Waals surface area contributed by atoms with Crippen molar-refractivity contribution >= 4 is 35.5 Å². The van der Waals surface area contributed by atoms with E-state index in [1.54, 1.807) is 51.2 Å². The van der Waals surface area contributed by atoms with Crippen LogP contribution in [0.4, 0.5) is 0 Å². The lowest BCUT2D eigenvalue weighted by atomic mass is 9.91. The fourth-order valence-corrected chi connectivity index (χ4v) is 3.93. The summed E-state index contributed by atoms with van der Waals surface area (Å²) in [4.78, 5) is 21.9. The van der Waals surface area contributed by atoms with Gasteiger partial charge in [-0.1, -0.05) is 0 Å². The van der Waals surface area contributed by atoms with Gasteiger partial charge < -0.3 is 10.2 Å². The van der Waals surface area contributed by atoms with Gasteiger partial charge in [0.2, 0.25) is 0 Å². The minimum atomic E-state index is -0.736. The number of carbonyl (C=O) groups is 2. The van der Waals surface area contributed by atoms with Crippen molar-refractivity contribution < 1.29 is 19.8 Å². The first-order chi connectivity index (χ1) is 9.59. The molecule has 0 spiro atoms. The van der Waals surface area contributed by atoms with Gasteiger partial charge in [-0.3, -0.25) is 9.59 Å². The average Bonchev–Trinajstić information content (AvgIpc) is 2.36. The third kappa shape index (κ3) is 9.30. The van der Waals surface area contributed by atoms with Crippen molar-refractivity contribution in [1.82, 2.24) is 0 Å². The molecule has 0 bridgehead atoms. The van der Waals surface area contributed by atoms with E-state index in [9.17, 15) is 9.59 Å². The minimum absolute atomic E-state index is 0.635. The van der Waals surface area contributed by atoms with Gasteiger partial charge in [0.1, 0.15) is 0 Å². The molecule has 0 aromatic carbocycles. The van der Waals surface area contributed by atoms with Gasteiger partial charge in [-0.15, -0.1) is 0 Å². The van der Waals surface area contributed by atoms with Crippen LogP contribution in [0.3, 0.4) is 0 Å². The van der Waals surface area contributed by atoms with Gasteiger partial charge in [0, 0.05) is 0 Å². The molecule has 0 saturated carbocycles. The quantitative estimate of drug-likeness (QED) is 0.527. The number of hydrogen-bond donors (Lipinski definition) is 2. The zero-order chi connectivity index (χ0) is 16.5. The summed E-state index contributed by atoms with van der Waals surface area (Å²) in [5, 5.41) is 18.0. The molecule has 6 heteroatoms. The molecule has 0 aliphatic heterocycles. The zero-order valence-corrected chi connectivity index (χ0v) is 15.1. The van der Waals surface area contributed by atoms with Crippen LogP contribution in [-0.2, 0) is 9.59 Å². The average molecular weight is 337 g/mol. The summed E-state index contributed by atoms with van der Waals surface area (Å²) in [5.41, 5.74) is -1.27. The third-order valence-electron chi connectivity index (χ3n) is 3.48. The smallest absolute Gasteiger partial charge is 0.309 e. The lowest BCUT2D eigenvalue weighted by Crippen LogP contribution is -2.24. The van der Waals surface area contributed by atoms with Crippen molar-refractivity contribution in [2.24, 2.45) is 10.8 Å². The molecule has 0 aliphatic carbocycles. The monoisotopic (exact) mass is 336 g/mol. The Labute approximate surface area is 136 Å². The van der Waals surface area contributed by atoms with Gasteiger partial charge >= 0.3 is 11.9 Å². The summed E-state index contributed by atoms with van der Waals surface area (Å²) in [6.45, 7) is 7.04. The second kappa shape index (κ2) is 9.62. The molecule has 2 N–H and O–H groups in total. The van der Waals surface area contributed by atoms with Gasteiger partial charge in [-0.25, -0.2) is 0 Å². The van der Waals surface area contributed by atoms with Crippen LogP contribution in [0.2, 0.25) is 0 Å². The fourth-order valence-electron chi connectivity index (χ4n) is 1.34. The van der Waals surface area contributed by atoms with Gasteiger partial charge in [0.25, 0.3) is 0 Å². The molecular weight excluding hydrogens is 308 g/mol. The van der Waals surface area contributed by atoms with Gasteiger partial charge in [0.15, 0.2) is 0 Å². The first kappa shape index (κ1) is 20.6. The Morgan fingerprint density at radius 3 is 1.38 bits per heavy atom. The van der Waals surface area contributed by atoms with Crippen LogP contribution in [0.1, 0.15) is 47.0 Å². The summed E-state index contributed by atoms with van der Waals surface area (Å²) in [6.07, 6.45) is 2.45. The molecule has 0 aliphatic rings. The zero-order valence-electron chi connectivity index (χ0n) is 13.5. The molecule has 0 saturated heterocycles. The number of hydrogen-bond acceptors (Lipinski definition) is 4. The van der Waals surface area contributed by atoms with E-state index in [0.29, 0.717) is 12.8 Å². The molecule has 0 atom stereocenters. The standard InChI is InChI=1S/C15H28O4S2/c1-14(2,12(16)17)6-10-20-8-5-9-21-11-7-15(3,4)13(18)19/h5-11H2,1-4H3,(H,16,17)(H,18,19). The van der Waals surface area contributed by atoms with Crippen molar-refractivity contribution in [3.63, 3.8) is 0 Å². The van der Waals surface area contributed by atoms with E-state index in [-0.39, 0.29) is 0 Å². The highest BCUT2D eigenvalue weighted by Gasteiger charge is 2.26. The van der Waals surface area contributed by atoms with Gasteiger partial charge in [-0.05, 0) is 70.0 Å². The molecule has 0 aromatic rings. The van der Waals surface area contributed by atoms with Crippen molar-refractivity contribution in [3.05, 3.63) is 0 Å². The van der Waals surface area contributed by atoms with E-state index in [1.165, 1.54) is 0 Å². The highest BCUT2D eigenvalue weighted by molar-refractivity contribution is 8.00. The first-order valence-electron chi connectivity index (χ1n) is 7.22. The Balaban J connectivity index is 3.50. The van der Waals surface area contributed by atoms with Crippen molar-refractivity contribution in [1.29, 1.82) is 0 Å². The van der Waals surface area contributed by atoms with E-state index in [4.69, 9.17) is 10.2 Å². The van der Waals surface area contributed by atoms with Crippen LogP contribution in [0, 0.1) is 10.8 Å². The second-order valence-corrected chi connectivity index (χ2v) is 8.91. The summed E-state index contributed by atoms with van der Waals surface area (Å²) in [7, 11) is 0. The van der Waals surface area contributed by atoms with Crippen LogP contribution in [0.15, 0.2) is 0 Å². The predicted octanol–water partition coefficient (Wildman–Crippen LogP) is 3.84. The van der Waals surface area contributed by atoms with E-state index < -0.39 is 22.8 Å². The predicted molar refractivity (Wildman–Crippen MR) is 91.3 cm³/mol. The highest BCUT2D eigenvalue weighted by Crippen LogP contribution is 2.25. The van der Waals surface area contributed by atoms with E-state index in [1.807, 2.05) is 0 Å².